The summed E-state index contributed by atoms with van der Waals surface area (Å²) >= 11 is 0. The summed E-state index contributed by atoms with van der Waals surface area (Å²) in [5, 5.41) is 28.5. The number of ether oxygens (including phenoxy) is 1. The van der Waals surface area contributed by atoms with Crippen molar-refractivity contribution in [1.82, 2.24) is 0 Å². The Morgan fingerprint density at radius 2 is 2.06 bits per heavy atom. The van der Waals surface area contributed by atoms with E-state index in [1.54, 1.807) is 6.92 Å². The third-order valence-corrected chi connectivity index (χ3v) is 2.13. The molecule has 0 saturated heterocycles. The molecule has 0 atom stereocenters. The Bertz CT molecular complexity index is 468. The summed E-state index contributed by atoms with van der Waals surface area (Å²) in [4.78, 5) is 20.2. The maximum Gasteiger partial charge on any atom is 0.511 e. The van der Waals surface area contributed by atoms with Crippen molar-refractivity contribution in [1.29, 1.82) is 0 Å². The van der Waals surface area contributed by atoms with Crippen LogP contribution in [0.1, 0.15) is 11.1 Å². The van der Waals surface area contributed by atoms with E-state index >= 15 is 0 Å². The van der Waals surface area contributed by atoms with Crippen LogP contribution in [0.25, 0.3) is 0 Å². The zero-order chi connectivity index (χ0) is 12.5. The largest absolute Gasteiger partial charge is 0.511 e. The molecule has 7 nitrogen and oxygen atoms in total. The van der Waals surface area contributed by atoms with E-state index in [4.69, 9.17) is 5.11 Å². The second-order valence-electron chi connectivity index (χ2n) is 3.14. The first-order chi connectivity index (χ1) is 7.34. The van der Waals surface area contributed by atoms with Gasteiger partial charge in [0.05, 0.1) is 4.92 Å². The van der Waals surface area contributed by atoms with E-state index in [2.05, 4.69) is 4.74 Å². The first kappa shape index (κ1) is 11.8. The summed E-state index contributed by atoms with van der Waals surface area (Å²) in [5.74, 6) is -1.22. The van der Waals surface area contributed by atoms with Crippen molar-refractivity contribution in [2.45, 2.75) is 13.8 Å². The lowest BCUT2D eigenvalue weighted by atomic mass is 10.1. The minimum atomic E-state index is -1.65. The lowest BCUT2D eigenvalue weighted by Crippen LogP contribution is -2.05. The first-order valence-corrected chi connectivity index (χ1v) is 4.23. The van der Waals surface area contributed by atoms with Gasteiger partial charge in [0, 0.05) is 5.56 Å². The van der Waals surface area contributed by atoms with Gasteiger partial charge in [-0.25, -0.2) is 4.79 Å². The molecule has 0 aliphatic heterocycles. The molecule has 0 aliphatic rings. The summed E-state index contributed by atoms with van der Waals surface area (Å²) < 4.78 is 4.23. The monoisotopic (exact) mass is 227 g/mol. The summed E-state index contributed by atoms with van der Waals surface area (Å²) in [6, 6.07) is 1.23. The molecule has 0 aromatic heterocycles. The van der Waals surface area contributed by atoms with Crippen LogP contribution < -0.4 is 4.74 Å². The van der Waals surface area contributed by atoms with E-state index in [0.717, 1.165) is 0 Å². The summed E-state index contributed by atoms with van der Waals surface area (Å²) in [7, 11) is 0. The molecule has 0 saturated carbocycles. The van der Waals surface area contributed by atoms with E-state index in [-0.39, 0.29) is 5.56 Å². The average molecular weight is 227 g/mol. The number of hydrogen-bond donors (Lipinski definition) is 2. The molecule has 0 bridgehead atoms. The Balaban J connectivity index is 3.44. The van der Waals surface area contributed by atoms with Crippen molar-refractivity contribution >= 4 is 11.8 Å². The van der Waals surface area contributed by atoms with E-state index in [9.17, 15) is 20.0 Å². The third-order valence-electron chi connectivity index (χ3n) is 2.13. The predicted molar refractivity (Wildman–Crippen MR) is 52.9 cm³/mol. The number of rotatable bonds is 2. The smallest absolute Gasteiger partial charge is 0.499 e. The van der Waals surface area contributed by atoms with Crippen LogP contribution in [0.3, 0.4) is 0 Å². The van der Waals surface area contributed by atoms with Gasteiger partial charge in [-0.15, -0.1) is 0 Å². The Morgan fingerprint density at radius 3 is 2.50 bits per heavy atom. The summed E-state index contributed by atoms with van der Waals surface area (Å²) in [6.07, 6.45) is -1.65. The number of nitrogens with zero attached hydrogens (tertiary/aromatic N) is 1. The van der Waals surface area contributed by atoms with Gasteiger partial charge in [-0.3, -0.25) is 10.1 Å². The second-order valence-corrected chi connectivity index (χ2v) is 3.14. The molecule has 7 heteroatoms. The van der Waals surface area contributed by atoms with E-state index in [1.807, 2.05) is 0 Å². The fourth-order valence-electron chi connectivity index (χ4n) is 1.25. The molecule has 2 N–H and O–H groups in total. The average Bonchev–Trinajstić information content (AvgIpc) is 2.13. The van der Waals surface area contributed by atoms with Gasteiger partial charge in [0.25, 0.3) is 0 Å². The molecule has 16 heavy (non-hydrogen) atoms. The zero-order valence-corrected chi connectivity index (χ0v) is 8.55. The molecule has 0 radical (unpaired) electrons. The van der Waals surface area contributed by atoms with Crippen molar-refractivity contribution in [3.63, 3.8) is 0 Å². The van der Waals surface area contributed by atoms with Crippen LogP contribution in [-0.4, -0.2) is 21.3 Å². The molecule has 0 heterocycles. The van der Waals surface area contributed by atoms with Crippen molar-refractivity contribution in [2.24, 2.45) is 0 Å². The molecule has 86 valence electrons. The molecule has 0 amide bonds. The quantitative estimate of drug-likeness (QED) is 0.346. The van der Waals surface area contributed by atoms with E-state index < -0.39 is 28.3 Å². The number of carbonyl (C=O) groups is 1. The van der Waals surface area contributed by atoms with Crippen LogP contribution in [0.5, 0.6) is 11.5 Å². The molecule has 0 fully saturated rings. The fraction of sp³-hybridized carbons (Fsp3) is 0.222. The highest BCUT2D eigenvalue weighted by atomic mass is 16.7. The number of carboxylic acid groups (broad SMARTS) is 1. The number of hydrogen-bond acceptors (Lipinski definition) is 5. The van der Waals surface area contributed by atoms with Gasteiger partial charge in [0.15, 0.2) is 5.75 Å². The SMILES string of the molecule is Cc1cc(OC(=O)O)c(O)c([N+](=O)[O-])c1C. The number of aromatic hydroxyl groups is 1. The zero-order valence-electron chi connectivity index (χ0n) is 8.55. The fourth-order valence-corrected chi connectivity index (χ4v) is 1.25. The predicted octanol–water partition coefficient (Wildman–Crippen LogP) is 1.97. The second kappa shape index (κ2) is 4.05. The molecule has 0 unspecified atom stereocenters. The van der Waals surface area contributed by atoms with E-state index in [0.29, 0.717) is 5.56 Å². The van der Waals surface area contributed by atoms with Crippen LogP contribution in [0, 0.1) is 24.0 Å². The third kappa shape index (κ3) is 2.02. The highest BCUT2D eigenvalue weighted by molar-refractivity contribution is 5.68. The molecule has 0 spiro atoms. The number of nitro groups is 1. The standard InChI is InChI=1S/C9H9NO6/c1-4-3-6(16-9(12)13)8(11)7(5(4)2)10(14)15/h3,11H,1-2H3,(H,12,13). The lowest BCUT2D eigenvalue weighted by molar-refractivity contribution is -0.386. The van der Waals surface area contributed by atoms with Gasteiger partial charge in [0.1, 0.15) is 0 Å². The molecule has 1 aromatic carbocycles. The van der Waals surface area contributed by atoms with Crippen LogP contribution in [-0.2, 0) is 0 Å². The van der Waals surface area contributed by atoms with E-state index in [1.165, 1.54) is 13.0 Å². The van der Waals surface area contributed by atoms with Crippen LogP contribution in [0.15, 0.2) is 6.07 Å². The normalized spacial score (nSPS) is 9.88. The Morgan fingerprint density at radius 1 is 1.50 bits per heavy atom. The van der Waals surface area contributed by atoms with Crippen LogP contribution in [0.2, 0.25) is 0 Å². The minimum absolute atomic E-state index is 0.264. The molecular weight excluding hydrogens is 218 g/mol. The van der Waals surface area contributed by atoms with Gasteiger partial charge in [-0.2, -0.15) is 0 Å². The van der Waals surface area contributed by atoms with Gasteiger partial charge in [-0.05, 0) is 25.5 Å². The molecular formula is C9H9NO6. The topological polar surface area (TPSA) is 110 Å². The number of phenols is 1. The molecule has 0 aliphatic carbocycles. The highest BCUT2D eigenvalue weighted by Crippen LogP contribution is 2.40. The van der Waals surface area contributed by atoms with Crippen LogP contribution in [0.4, 0.5) is 10.5 Å². The van der Waals surface area contributed by atoms with Crippen molar-refractivity contribution in [2.75, 3.05) is 0 Å². The number of benzene rings is 1. The van der Waals surface area contributed by atoms with Crippen LogP contribution >= 0.6 is 0 Å². The maximum atomic E-state index is 10.7. The van der Waals surface area contributed by atoms with Gasteiger partial charge >= 0.3 is 11.8 Å². The Kier molecular flexibility index (Phi) is 2.98. The molecule has 1 rings (SSSR count). The summed E-state index contributed by atoms with van der Waals surface area (Å²) in [6.45, 7) is 3.01. The van der Waals surface area contributed by atoms with Crippen molar-refractivity contribution in [3.8, 4) is 11.5 Å². The Labute approximate surface area is 90.0 Å². The molecule has 1 aromatic rings. The number of phenolic OH excluding ortho intramolecular Hbond substituents is 1. The number of nitro benzene ring substituents is 1. The highest BCUT2D eigenvalue weighted by Gasteiger charge is 2.24. The van der Waals surface area contributed by atoms with Crippen molar-refractivity contribution in [3.05, 3.63) is 27.3 Å². The van der Waals surface area contributed by atoms with Crippen molar-refractivity contribution < 1.29 is 24.7 Å². The van der Waals surface area contributed by atoms with Gasteiger partial charge in [0.2, 0.25) is 5.75 Å². The first-order valence-electron chi connectivity index (χ1n) is 4.23. The Hall–Kier alpha value is -2.31. The minimum Gasteiger partial charge on any atom is -0.499 e. The lowest BCUT2D eigenvalue weighted by Gasteiger charge is -2.08. The maximum absolute atomic E-state index is 10.7. The van der Waals surface area contributed by atoms with Gasteiger partial charge in [-0.1, -0.05) is 0 Å². The summed E-state index contributed by atoms with van der Waals surface area (Å²) in [5.41, 5.74) is 0.178. The van der Waals surface area contributed by atoms with Gasteiger partial charge < -0.3 is 14.9 Å². The number of aryl methyl sites for hydroxylation is 1.